The summed E-state index contributed by atoms with van der Waals surface area (Å²) in [6.07, 6.45) is 2.54. The van der Waals surface area contributed by atoms with E-state index >= 15 is 0 Å². The van der Waals surface area contributed by atoms with Gasteiger partial charge in [-0.3, -0.25) is 14.5 Å². The molecule has 3 heterocycles. The van der Waals surface area contributed by atoms with Crippen LogP contribution in [0.15, 0.2) is 54.6 Å². The van der Waals surface area contributed by atoms with Gasteiger partial charge in [0, 0.05) is 41.8 Å². The minimum atomic E-state index is -0.115. The molecule has 1 aromatic heterocycles. The standard InChI is InChI=1S/C25H25ClN4O3/c26-20-4-1-3-19(13-20)22-14-23-29(24(31)10-11-30(23)28-22)16-17-6-8-18(9-7-17)25(32)27-15-21-5-2-12-33-21/h1,3-4,6-9,13-14,21H,2,5,10-12,15-16H2,(H,27,32)/t21-/m1/s1. The maximum absolute atomic E-state index is 12.7. The van der Waals surface area contributed by atoms with Gasteiger partial charge in [0.2, 0.25) is 5.91 Å². The molecule has 7 nitrogen and oxygen atoms in total. The second kappa shape index (κ2) is 9.37. The number of hydrogen-bond donors (Lipinski definition) is 1. The van der Waals surface area contributed by atoms with E-state index in [4.69, 9.17) is 16.3 Å². The van der Waals surface area contributed by atoms with Crippen molar-refractivity contribution in [3.05, 3.63) is 70.7 Å². The molecule has 1 atom stereocenters. The quantitative estimate of drug-likeness (QED) is 0.597. The van der Waals surface area contributed by atoms with Crippen LogP contribution in [0.5, 0.6) is 0 Å². The lowest BCUT2D eigenvalue weighted by Crippen LogP contribution is -2.37. The molecule has 1 fully saturated rings. The third-order valence-corrected chi connectivity index (χ3v) is 6.30. The fourth-order valence-electron chi connectivity index (χ4n) is 4.27. The minimum absolute atomic E-state index is 0.0541. The Morgan fingerprint density at radius 3 is 2.79 bits per heavy atom. The lowest BCUT2D eigenvalue weighted by Gasteiger charge is -2.27. The zero-order chi connectivity index (χ0) is 22.8. The Labute approximate surface area is 197 Å². The number of benzene rings is 2. The summed E-state index contributed by atoms with van der Waals surface area (Å²) in [4.78, 5) is 26.9. The summed E-state index contributed by atoms with van der Waals surface area (Å²) >= 11 is 6.13. The number of nitrogens with zero attached hydrogens (tertiary/aromatic N) is 3. The van der Waals surface area contributed by atoms with Gasteiger partial charge in [-0.15, -0.1) is 0 Å². The second-order valence-corrected chi connectivity index (χ2v) is 8.83. The van der Waals surface area contributed by atoms with Crippen LogP contribution in [0.25, 0.3) is 11.3 Å². The normalized spacial score (nSPS) is 17.8. The molecule has 0 spiro atoms. The van der Waals surface area contributed by atoms with E-state index in [-0.39, 0.29) is 17.9 Å². The van der Waals surface area contributed by atoms with E-state index in [1.165, 1.54) is 0 Å². The van der Waals surface area contributed by atoms with E-state index in [9.17, 15) is 9.59 Å². The Kier molecular flexibility index (Phi) is 6.15. The van der Waals surface area contributed by atoms with E-state index < -0.39 is 0 Å². The third-order valence-electron chi connectivity index (χ3n) is 6.07. The average Bonchev–Trinajstić information content (AvgIpc) is 3.50. The lowest BCUT2D eigenvalue weighted by molar-refractivity contribution is -0.119. The van der Waals surface area contributed by atoms with E-state index in [0.29, 0.717) is 36.6 Å². The first kappa shape index (κ1) is 21.7. The largest absolute Gasteiger partial charge is 0.376 e. The summed E-state index contributed by atoms with van der Waals surface area (Å²) in [7, 11) is 0. The predicted octanol–water partition coefficient (Wildman–Crippen LogP) is 4.05. The van der Waals surface area contributed by atoms with E-state index in [1.807, 2.05) is 47.1 Å². The molecule has 3 aromatic rings. The number of ether oxygens (including phenoxy) is 1. The molecule has 2 aliphatic heterocycles. The van der Waals surface area contributed by atoms with Crippen LogP contribution in [0, 0.1) is 0 Å². The summed E-state index contributed by atoms with van der Waals surface area (Å²) in [5.74, 6) is 0.702. The van der Waals surface area contributed by atoms with Crippen LogP contribution in [-0.2, 0) is 22.6 Å². The third kappa shape index (κ3) is 4.79. The maximum atomic E-state index is 12.7. The highest BCUT2D eigenvalue weighted by Crippen LogP contribution is 2.30. The second-order valence-electron chi connectivity index (χ2n) is 8.39. The summed E-state index contributed by atoms with van der Waals surface area (Å²) in [5, 5.41) is 8.26. The van der Waals surface area contributed by atoms with Crippen molar-refractivity contribution in [3.63, 3.8) is 0 Å². The van der Waals surface area contributed by atoms with Gasteiger partial charge in [-0.2, -0.15) is 5.10 Å². The molecule has 33 heavy (non-hydrogen) atoms. The van der Waals surface area contributed by atoms with Gasteiger partial charge in [0.1, 0.15) is 5.82 Å². The monoisotopic (exact) mass is 464 g/mol. The van der Waals surface area contributed by atoms with Crippen molar-refractivity contribution in [1.29, 1.82) is 0 Å². The maximum Gasteiger partial charge on any atom is 0.251 e. The molecule has 170 valence electrons. The predicted molar refractivity (Wildman–Crippen MR) is 126 cm³/mol. The molecule has 0 unspecified atom stereocenters. The van der Waals surface area contributed by atoms with Crippen LogP contribution < -0.4 is 10.2 Å². The summed E-state index contributed by atoms with van der Waals surface area (Å²) in [6, 6.07) is 16.8. The number of halogens is 1. The first-order valence-corrected chi connectivity index (χ1v) is 11.6. The number of aryl methyl sites for hydroxylation is 1. The summed E-state index contributed by atoms with van der Waals surface area (Å²) in [5.41, 5.74) is 3.23. The number of nitrogens with one attached hydrogen (secondary N) is 1. The molecular weight excluding hydrogens is 440 g/mol. The number of fused-ring (bicyclic) bond motifs is 1. The zero-order valence-electron chi connectivity index (χ0n) is 18.2. The first-order valence-electron chi connectivity index (χ1n) is 11.2. The number of aromatic nitrogens is 2. The topological polar surface area (TPSA) is 76.5 Å². The van der Waals surface area contributed by atoms with Crippen LogP contribution in [0.4, 0.5) is 5.82 Å². The van der Waals surface area contributed by atoms with Crippen molar-refractivity contribution in [2.24, 2.45) is 0 Å². The van der Waals surface area contributed by atoms with Crippen LogP contribution in [0.2, 0.25) is 5.02 Å². The van der Waals surface area contributed by atoms with Crippen LogP contribution in [0.1, 0.15) is 35.2 Å². The molecule has 5 rings (SSSR count). The van der Waals surface area contributed by atoms with Gasteiger partial charge < -0.3 is 10.1 Å². The molecule has 2 aromatic carbocycles. The van der Waals surface area contributed by atoms with Gasteiger partial charge in [0.25, 0.3) is 5.91 Å². The Morgan fingerprint density at radius 1 is 1.18 bits per heavy atom. The highest BCUT2D eigenvalue weighted by Gasteiger charge is 2.26. The molecular formula is C25H25ClN4O3. The summed E-state index contributed by atoms with van der Waals surface area (Å²) < 4.78 is 7.42. The van der Waals surface area contributed by atoms with Gasteiger partial charge in [0.05, 0.1) is 24.9 Å². The van der Waals surface area contributed by atoms with Gasteiger partial charge >= 0.3 is 0 Å². The minimum Gasteiger partial charge on any atom is -0.376 e. The molecule has 1 N–H and O–H groups in total. The number of hydrogen-bond acceptors (Lipinski definition) is 4. The Hall–Kier alpha value is -3.16. The Balaban J connectivity index is 1.29. The van der Waals surface area contributed by atoms with Crippen molar-refractivity contribution in [2.75, 3.05) is 18.1 Å². The smallest absolute Gasteiger partial charge is 0.251 e. The number of rotatable bonds is 6. The SMILES string of the molecule is O=C(NC[C@H]1CCCO1)c1ccc(CN2C(=O)CCn3nc(-c4cccc(Cl)c4)cc32)cc1. The molecule has 0 aliphatic carbocycles. The fourth-order valence-corrected chi connectivity index (χ4v) is 4.46. The van der Waals surface area contributed by atoms with E-state index in [1.54, 1.807) is 17.0 Å². The van der Waals surface area contributed by atoms with Crippen LogP contribution in [-0.4, -0.2) is 40.9 Å². The van der Waals surface area contributed by atoms with Gasteiger partial charge in [0.15, 0.2) is 0 Å². The molecule has 2 amide bonds. The van der Waals surface area contributed by atoms with Crippen LogP contribution >= 0.6 is 11.6 Å². The summed E-state index contributed by atoms with van der Waals surface area (Å²) in [6.45, 7) is 2.26. The molecule has 8 heteroatoms. The van der Waals surface area contributed by atoms with Gasteiger partial charge in [-0.1, -0.05) is 35.9 Å². The van der Waals surface area contributed by atoms with E-state index in [0.717, 1.165) is 42.1 Å². The zero-order valence-corrected chi connectivity index (χ0v) is 18.9. The van der Waals surface area contributed by atoms with Crippen molar-refractivity contribution < 1.29 is 14.3 Å². The Morgan fingerprint density at radius 2 is 2.03 bits per heavy atom. The average molecular weight is 465 g/mol. The number of carbonyl (C=O) groups excluding carboxylic acids is 2. The fraction of sp³-hybridized carbons (Fsp3) is 0.320. The number of carbonyl (C=O) groups is 2. The number of amides is 2. The lowest BCUT2D eigenvalue weighted by atomic mass is 10.1. The van der Waals surface area contributed by atoms with Crippen molar-refractivity contribution in [1.82, 2.24) is 15.1 Å². The molecule has 0 bridgehead atoms. The highest BCUT2D eigenvalue weighted by molar-refractivity contribution is 6.30. The first-order chi connectivity index (χ1) is 16.1. The van der Waals surface area contributed by atoms with Crippen LogP contribution in [0.3, 0.4) is 0 Å². The van der Waals surface area contributed by atoms with Crippen molar-refractivity contribution in [2.45, 2.75) is 38.5 Å². The molecule has 2 aliphatic rings. The van der Waals surface area contributed by atoms with Gasteiger partial charge in [-0.05, 0) is 42.7 Å². The van der Waals surface area contributed by atoms with E-state index in [2.05, 4.69) is 10.4 Å². The Bertz CT molecular complexity index is 1170. The highest BCUT2D eigenvalue weighted by atomic mass is 35.5. The molecule has 0 radical (unpaired) electrons. The van der Waals surface area contributed by atoms with Crippen molar-refractivity contribution in [3.8, 4) is 11.3 Å². The molecule has 0 saturated carbocycles. The molecule has 1 saturated heterocycles. The van der Waals surface area contributed by atoms with Gasteiger partial charge in [-0.25, -0.2) is 4.68 Å². The van der Waals surface area contributed by atoms with Crippen molar-refractivity contribution >= 4 is 29.2 Å². The number of anilines is 1.